The summed E-state index contributed by atoms with van der Waals surface area (Å²) in [4.78, 5) is 4.02. The van der Waals surface area contributed by atoms with Crippen molar-refractivity contribution in [2.24, 2.45) is 0 Å². The smallest absolute Gasteiger partial charge is 0.280 e. The lowest BCUT2D eigenvalue weighted by molar-refractivity contribution is 0.146. The average molecular weight is 296 g/mol. The Morgan fingerprint density at radius 3 is 2.52 bits per heavy atom. The van der Waals surface area contributed by atoms with Crippen LogP contribution in [0.3, 0.4) is 0 Å². The van der Waals surface area contributed by atoms with E-state index in [0.717, 1.165) is 6.42 Å². The molecule has 21 heavy (non-hydrogen) atoms. The SMILES string of the molecule is CCCNc1cc(C(F)F)nc2c(OC)cc(OC)cc12. The predicted octanol–water partition coefficient (Wildman–Crippen LogP) is 4.01. The Balaban J connectivity index is 2.70. The highest BCUT2D eigenvalue weighted by atomic mass is 19.3. The van der Waals surface area contributed by atoms with Crippen LogP contribution in [0.5, 0.6) is 11.5 Å². The summed E-state index contributed by atoms with van der Waals surface area (Å²) < 4.78 is 36.5. The normalized spacial score (nSPS) is 11.0. The minimum atomic E-state index is -2.64. The molecule has 0 fully saturated rings. The van der Waals surface area contributed by atoms with Crippen molar-refractivity contribution in [3.63, 3.8) is 0 Å². The fraction of sp³-hybridized carbons (Fsp3) is 0.400. The van der Waals surface area contributed by atoms with Crippen LogP contribution in [0, 0.1) is 0 Å². The van der Waals surface area contributed by atoms with Gasteiger partial charge in [-0.3, -0.25) is 0 Å². The quantitative estimate of drug-likeness (QED) is 0.874. The molecule has 1 N–H and O–H groups in total. The number of hydrogen-bond donors (Lipinski definition) is 1. The van der Waals surface area contributed by atoms with Gasteiger partial charge in [-0.15, -0.1) is 0 Å². The van der Waals surface area contributed by atoms with Crippen LogP contribution in [0.2, 0.25) is 0 Å². The fourth-order valence-electron chi connectivity index (χ4n) is 2.08. The zero-order valence-electron chi connectivity index (χ0n) is 12.2. The Morgan fingerprint density at radius 2 is 1.95 bits per heavy atom. The molecular weight excluding hydrogens is 278 g/mol. The van der Waals surface area contributed by atoms with Crippen molar-refractivity contribution >= 4 is 16.6 Å². The molecule has 1 aromatic carbocycles. The number of methoxy groups -OCH3 is 2. The van der Waals surface area contributed by atoms with E-state index < -0.39 is 6.43 Å². The second-order valence-electron chi connectivity index (χ2n) is 4.55. The highest BCUT2D eigenvalue weighted by Gasteiger charge is 2.16. The first-order valence-electron chi connectivity index (χ1n) is 6.69. The topological polar surface area (TPSA) is 43.4 Å². The minimum absolute atomic E-state index is 0.274. The summed E-state index contributed by atoms with van der Waals surface area (Å²) in [5.74, 6) is 0.997. The van der Waals surface area contributed by atoms with Crippen LogP contribution in [-0.2, 0) is 0 Å². The maximum Gasteiger partial charge on any atom is 0.280 e. The standard InChI is InChI=1S/C15H18F2N2O2/c1-4-5-18-11-8-12(15(16)17)19-14-10(11)6-9(20-2)7-13(14)21-3/h6-8,15H,4-5H2,1-3H3,(H,18,19). The van der Waals surface area contributed by atoms with Gasteiger partial charge in [-0.1, -0.05) is 6.92 Å². The first kappa shape index (κ1) is 15.3. The molecule has 0 amide bonds. The third-order valence-corrected chi connectivity index (χ3v) is 3.12. The average Bonchev–Trinajstić information content (AvgIpc) is 2.50. The van der Waals surface area contributed by atoms with Crippen molar-refractivity contribution in [3.05, 3.63) is 23.9 Å². The van der Waals surface area contributed by atoms with Gasteiger partial charge < -0.3 is 14.8 Å². The maximum atomic E-state index is 13.0. The molecule has 0 radical (unpaired) electrons. The number of benzene rings is 1. The number of rotatable bonds is 6. The molecule has 1 aromatic heterocycles. The van der Waals surface area contributed by atoms with Crippen LogP contribution in [0.4, 0.5) is 14.5 Å². The Labute approximate surface area is 122 Å². The summed E-state index contributed by atoms with van der Waals surface area (Å²) in [5.41, 5.74) is 0.730. The molecule has 2 rings (SSSR count). The molecule has 2 aromatic rings. The molecule has 1 heterocycles. The Morgan fingerprint density at radius 1 is 1.19 bits per heavy atom. The van der Waals surface area contributed by atoms with Crippen LogP contribution in [0.1, 0.15) is 25.5 Å². The van der Waals surface area contributed by atoms with Gasteiger partial charge in [0.15, 0.2) is 0 Å². The zero-order valence-corrected chi connectivity index (χ0v) is 12.2. The molecular formula is C15H18F2N2O2. The number of anilines is 1. The van der Waals surface area contributed by atoms with E-state index >= 15 is 0 Å². The van der Waals surface area contributed by atoms with Crippen molar-refractivity contribution < 1.29 is 18.3 Å². The highest BCUT2D eigenvalue weighted by molar-refractivity contribution is 5.96. The van der Waals surface area contributed by atoms with E-state index in [-0.39, 0.29) is 5.69 Å². The summed E-state index contributed by atoms with van der Waals surface area (Å²) in [6, 6.07) is 4.77. The number of halogens is 2. The lowest BCUT2D eigenvalue weighted by Crippen LogP contribution is -2.04. The van der Waals surface area contributed by atoms with Gasteiger partial charge in [0.2, 0.25) is 0 Å². The molecule has 0 aliphatic rings. The van der Waals surface area contributed by atoms with Crippen LogP contribution in [0.25, 0.3) is 10.9 Å². The summed E-state index contributed by atoms with van der Waals surface area (Å²) in [6.07, 6.45) is -1.75. The van der Waals surface area contributed by atoms with Crippen LogP contribution < -0.4 is 14.8 Å². The van der Waals surface area contributed by atoms with E-state index in [4.69, 9.17) is 9.47 Å². The van der Waals surface area contributed by atoms with E-state index in [2.05, 4.69) is 10.3 Å². The second kappa shape index (κ2) is 6.56. The number of pyridine rings is 1. The summed E-state index contributed by atoms with van der Waals surface area (Å²) >= 11 is 0. The van der Waals surface area contributed by atoms with Gasteiger partial charge in [0.25, 0.3) is 6.43 Å². The number of nitrogens with zero attached hydrogens (tertiary/aromatic N) is 1. The molecule has 0 aliphatic heterocycles. The third-order valence-electron chi connectivity index (χ3n) is 3.12. The summed E-state index contributed by atoms with van der Waals surface area (Å²) in [7, 11) is 3.02. The largest absolute Gasteiger partial charge is 0.497 e. The Bertz CT molecular complexity index is 633. The highest BCUT2D eigenvalue weighted by Crippen LogP contribution is 2.36. The number of aromatic nitrogens is 1. The lowest BCUT2D eigenvalue weighted by Gasteiger charge is -2.14. The van der Waals surface area contributed by atoms with Gasteiger partial charge in [0.1, 0.15) is 22.7 Å². The van der Waals surface area contributed by atoms with Gasteiger partial charge in [-0.25, -0.2) is 13.8 Å². The first-order valence-corrected chi connectivity index (χ1v) is 6.69. The van der Waals surface area contributed by atoms with E-state index in [0.29, 0.717) is 34.6 Å². The molecule has 0 atom stereocenters. The van der Waals surface area contributed by atoms with Crippen molar-refractivity contribution in [3.8, 4) is 11.5 Å². The van der Waals surface area contributed by atoms with E-state index in [1.165, 1.54) is 13.2 Å². The molecule has 0 unspecified atom stereocenters. The van der Waals surface area contributed by atoms with E-state index in [1.54, 1.807) is 19.2 Å². The van der Waals surface area contributed by atoms with Crippen LogP contribution >= 0.6 is 0 Å². The second-order valence-corrected chi connectivity index (χ2v) is 4.55. The Kier molecular flexibility index (Phi) is 4.77. The molecule has 0 spiro atoms. The molecule has 114 valence electrons. The van der Waals surface area contributed by atoms with Gasteiger partial charge in [-0.2, -0.15) is 0 Å². The zero-order chi connectivity index (χ0) is 15.4. The molecule has 0 aliphatic carbocycles. The first-order chi connectivity index (χ1) is 10.1. The number of alkyl halides is 2. The molecule has 0 saturated heterocycles. The predicted molar refractivity (Wildman–Crippen MR) is 78.6 cm³/mol. The molecule has 6 heteroatoms. The Hall–Kier alpha value is -2.11. The summed E-state index contributed by atoms with van der Waals surface area (Å²) in [5, 5.41) is 3.85. The number of hydrogen-bond acceptors (Lipinski definition) is 4. The number of fused-ring (bicyclic) bond motifs is 1. The van der Waals surface area contributed by atoms with Crippen molar-refractivity contribution in [1.82, 2.24) is 4.98 Å². The summed E-state index contributed by atoms with van der Waals surface area (Å²) in [6.45, 7) is 2.69. The monoisotopic (exact) mass is 296 g/mol. The van der Waals surface area contributed by atoms with Crippen LogP contribution in [-0.4, -0.2) is 25.7 Å². The third kappa shape index (κ3) is 3.15. The minimum Gasteiger partial charge on any atom is -0.497 e. The molecule has 4 nitrogen and oxygen atoms in total. The van der Waals surface area contributed by atoms with Gasteiger partial charge in [-0.05, 0) is 18.6 Å². The van der Waals surface area contributed by atoms with Crippen molar-refractivity contribution in [2.75, 3.05) is 26.1 Å². The van der Waals surface area contributed by atoms with Crippen molar-refractivity contribution in [1.29, 1.82) is 0 Å². The fourth-order valence-corrected chi connectivity index (χ4v) is 2.08. The number of nitrogens with one attached hydrogen (secondary N) is 1. The van der Waals surface area contributed by atoms with Crippen LogP contribution in [0.15, 0.2) is 18.2 Å². The van der Waals surface area contributed by atoms with Gasteiger partial charge in [0, 0.05) is 23.7 Å². The van der Waals surface area contributed by atoms with Crippen molar-refractivity contribution in [2.45, 2.75) is 19.8 Å². The molecule has 0 bridgehead atoms. The molecule has 0 saturated carbocycles. The maximum absolute atomic E-state index is 13.0. The number of ether oxygens (including phenoxy) is 2. The van der Waals surface area contributed by atoms with Gasteiger partial charge >= 0.3 is 0 Å². The lowest BCUT2D eigenvalue weighted by atomic mass is 10.1. The van der Waals surface area contributed by atoms with Gasteiger partial charge in [0.05, 0.1) is 14.2 Å². The van der Waals surface area contributed by atoms with E-state index in [9.17, 15) is 8.78 Å². The van der Waals surface area contributed by atoms with E-state index in [1.807, 2.05) is 6.92 Å².